The van der Waals surface area contributed by atoms with Crippen molar-refractivity contribution >= 4 is 72.5 Å². The van der Waals surface area contributed by atoms with Gasteiger partial charge in [0.15, 0.2) is 0 Å². The number of rotatable bonds is 5. The molecule has 0 spiro atoms. The Bertz CT molecular complexity index is 3160. The van der Waals surface area contributed by atoms with E-state index >= 15 is 0 Å². The molecule has 248 valence electrons. The van der Waals surface area contributed by atoms with Crippen LogP contribution in [0.2, 0.25) is 0 Å². The quantitative estimate of drug-likeness (QED) is 0.163. The Morgan fingerprint density at radius 1 is 0.453 bits per heavy atom. The first-order valence-corrected chi connectivity index (χ1v) is 18.0. The zero-order valence-electron chi connectivity index (χ0n) is 28.9. The first-order valence-electron chi connectivity index (χ1n) is 18.0. The molecule has 0 saturated carbocycles. The van der Waals surface area contributed by atoms with Crippen LogP contribution in [-0.2, 0) is 6.67 Å². The summed E-state index contributed by atoms with van der Waals surface area (Å²) in [4.78, 5) is 9.86. The van der Waals surface area contributed by atoms with E-state index in [1.165, 1.54) is 60.0 Å². The number of fused-ring (bicyclic) bond motifs is 11. The highest BCUT2D eigenvalue weighted by Gasteiger charge is 2.27. The van der Waals surface area contributed by atoms with Crippen molar-refractivity contribution in [3.05, 3.63) is 181 Å². The van der Waals surface area contributed by atoms with E-state index in [2.05, 4.69) is 185 Å². The normalized spacial score (nSPS) is 13.1. The van der Waals surface area contributed by atoms with Crippen molar-refractivity contribution in [3.63, 3.8) is 0 Å². The van der Waals surface area contributed by atoms with Crippen molar-refractivity contribution in [1.29, 1.82) is 0 Å². The minimum absolute atomic E-state index is 0.458. The topological polar surface area (TPSA) is 34.6 Å². The summed E-state index contributed by atoms with van der Waals surface area (Å²) in [6, 6.07) is 61.1. The summed E-state index contributed by atoms with van der Waals surface area (Å²) in [5.41, 5.74) is 14.6. The summed E-state index contributed by atoms with van der Waals surface area (Å²) in [7, 11) is 0. The molecule has 0 bridgehead atoms. The Balaban J connectivity index is 1.16. The van der Waals surface area contributed by atoms with E-state index < -0.39 is 0 Å². The van der Waals surface area contributed by atoms with E-state index in [1.54, 1.807) is 0 Å². The molecule has 0 atom stereocenters. The lowest BCUT2D eigenvalue weighted by molar-refractivity contribution is 0.793. The average Bonchev–Trinajstić information content (AvgIpc) is 3.85. The predicted octanol–water partition coefficient (Wildman–Crippen LogP) is 12.5. The Morgan fingerprint density at radius 2 is 1.11 bits per heavy atom. The number of para-hydroxylation sites is 3. The number of nitrogens with zero attached hydrogens (tertiary/aromatic N) is 4. The molecule has 53 heavy (non-hydrogen) atoms. The molecule has 0 saturated heterocycles. The van der Waals surface area contributed by atoms with Crippen LogP contribution in [-0.4, -0.2) is 21.6 Å². The molecule has 2 heterocycles. The second-order valence-corrected chi connectivity index (χ2v) is 13.8. The van der Waals surface area contributed by atoms with Crippen molar-refractivity contribution in [2.24, 2.45) is 9.98 Å². The molecule has 4 heteroatoms. The predicted molar refractivity (Wildman–Crippen MR) is 223 cm³/mol. The largest absolute Gasteiger partial charge is 0.320 e. The lowest BCUT2D eigenvalue weighted by atomic mass is 9.94. The van der Waals surface area contributed by atoms with Crippen LogP contribution in [0.3, 0.4) is 0 Å². The van der Waals surface area contributed by atoms with E-state index in [0.29, 0.717) is 6.67 Å². The second kappa shape index (κ2) is 11.5. The first-order chi connectivity index (χ1) is 26.3. The maximum absolute atomic E-state index is 5.44. The van der Waals surface area contributed by atoms with E-state index in [1.807, 2.05) is 6.07 Å². The highest BCUT2D eigenvalue weighted by Crippen LogP contribution is 2.44. The van der Waals surface area contributed by atoms with Crippen molar-refractivity contribution in [2.75, 3.05) is 0 Å². The third-order valence-electron chi connectivity index (χ3n) is 11.1. The highest BCUT2D eigenvalue weighted by atomic mass is 15.1. The van der Waals surface area contributed by atoms with Crippen molar-refractivity contribution in [1.82, 2.24) is 9.13 Å². The molecule has 0 aliphatic heterocycles. The molecular weight excluding hydrogens is 645 g/mol. The van der Waals surface area contributed by atoms with Gasteiger partial charge in [0.1, 0.15) is 6.67 Å². The highest BCUT2D eigenvalue weighted by molar-refractivity contribution is 6.27. The number of aromatic nitrogens is 2. The van der Waals surface area contributed by atoms with Crippen LogP contribution in [0.4, 0.5) is 5.69 Å². The molecule has 0 radical (unpaired) electrons. The van der Waals surface area contributed by atoms with Crippen LogP contribution in [0.5, 0.6) is 0 Å². The summed E-state index contributed by atoms with van der Waals surface area (Å²) in [5.74, 6) is 0. The fourth-order valence-electron chi connectivity index (χ4n) is 8.80. The first kappa shape index (κ1) is 29.7. The van der Waals surface area contributed by atoms with E-state index in [9.17, 15) is 0 Å². The lowest BCUT2D eigenvalue weighted by Crippen LogP contribution is -2.03. The molecule has 11 rings (SSSR count). The summed E-state index contributed by atoms with van der Waals surface area (Å²) in [6.45, 7) is 4.36. The monoisotopic (exact) mass is 676 g/mol. The molecule has 0 unspecified atom stereocenters. The summed E-state index contributed by atoms with van der Waals surface area (Å²) >= 11 is 0. The molecule has 0 fully saturated rings. The minimum Gasteiger partial charge on any atom is -0.320 e. The van der Waals surface area contributed by atoms with Gasteiger partial charge < -0.3 is 9.13 Å². The minimum atomic E-state index is 0.458. The van der Waals surface area contributed by atoms with Gasteiger partial charge in [-0.3, -0.25) is 9.98 Å². The molecule has 1 aliphatic rings. The van der Waals surface area contributed by atoms with Gasteiger partial charge in [-0.1, -0.05) is 121 Å². The van der Waals surface area contributed by atoms with Gasteiger partial charge in [0.05, 0.1) is 33.5 Å². The maximum Gasteiger partial charge on any atom is 0.115 e. The van der Waals surface area contributed by atoms with Crippen molar-refractivity contribution < 1.29 is 0 Å². The van der Waals surface area contributed by atoms with Gasteiger partial charge in [0.2, 0.25) is 0 Å². The Morgan fingerprint density at radius 3 is 1.94 bits per heavy atom. The SMILES string of the molecule is C=Nc1cccc2c1/C(=N\Cn1c3ccccc3c3c4ccccc4c(-c4ccc5c(c4)c4ccccc4n5-c4ccccc4)cc31)c1ccccc1-2. The van der Waals surface area contributed by atoms with Crippen LogP contribution in [0, 0.1) is 0 Å². The summed E-state index contributed by atoms with van der Waals surface area (Å²) in [6.07, 6.45) is 0. The zero-order valence-corrected chi connectivity index (χ0v) is 28.9. The van der Waals surface area contributed by atoms with E-state index in [0.717, 1.165) is 44.8 Å². The second-order valence-electron chi connectivity index (χ2n) is 13.8. The van der Waals surface area contributed by atoms with Gasteiger partial charge >= 0.3 is 0 Å². The maximum atomic E-state index is 5.44. The number of hydrogen-bond acceptors (Lipinski definition) is 2. The van der Waals surface area contributed by atoms with Crippen LogP contribution in [0.25, 0.3) is 82.3 Å². The lowest BCUT2D eigenvalue weighted by Gasteiger charge is -2.12. The van der Waals surface area contributed by atoms with E-state index in [4.69, 9.17) is 4.99 Å². The van der Waals surface area contributed by atoms with Gasteiger partial charge in [-0.05, 0) is 88.3 Å². The fraction of sp³-hybridized carbons (Fsp3) is 0.0204. The van der Waals surface area contributed by atoms with Crippen LogP contribution >= 0.6 is 0 Å². The molecule has 4 nitrogen and oxygen atoms in total. The molecule has 10 aromatic rings. The standard InChI is InChI=1S/C49H32N4/c1-50-42-23-13-22-37-33-16-6-8-20-38(33)49(48(37)42)51-30-52-43-24-11-10-21-39(43)47-36-19-7-5-17-34(36)40(29-46(47)52)31-26-27-45-41(28-31)35-18-9-12-25-44(35)53(45)32-14-3-2-4-15-32/h2-29H,1,30H2/b51-49-. The fourth-order valence-corrected chi connectivity index (χ4v) is 8.80. The Kier molecular flexibility index (Phi) is 6.43. The molecule has 1 aliphatic carbocycles. The summed E-state index contributed by atoms with van der Waals surface area (Å²) in [5, 5.41) is 7.44. The smallest absolute Gasteiger partial charge is 0.115 e. The van der Waals surface area contributed by atoms with Gasteiger partial charge in [-0.2, -0.15) is 0 Å². The van der Waals surface area contributed by atoms with Crippen LogP contribution in [0.15, 0.2) is 180 Å². The van der Waals surface area contributed by atoms with Crippen LogP contribution < -0.4 is 0 Å². The molecule has 8 aromatic carbocycles. The third kappa shape index (κ3) is 4.30. The molecule has 0 amide bonds. The molecule has 2 aromatic heterocycles. The number of benzene rings is 8. The average molecular weight is 677 g/mol. The van der Waals surface area contributed by atoms with Gasteiger partial charge in [-0.15, -0.1) is 0 Å². The van der Waals surface area contributed by atoms with Gasteiger partial charge in [-0.25, -0.2) is 0 Å². The third-order valence-corrected chi connectivity index (χ3v) is 11.1. The number of hydrogen-bond donors (Lipinski definition) is 0. The van der Waals surface area contributed by atoms with E-state index in [-0.39, 0.29) is 0 Å². The summed E-state index contributed by atoms with van der Waals surface area (Å²) < 4.78 is 4.76. The van der Waals surface area contributed by atoms with Crippen molar-refractivity contribution in [3.8, 4) is 27.9 Å². The molecular formula is C49H32N4. The molecule has 0 N–H and O–H groups in total. The Hall–Kier alpha value is -7.04. The zero-order chi connectivity index (χ0) is 35.0. The Labute approximate surface area is 306 Å². The van der Waals surface area contributed by atoms with Gasteiger partial charge in [0, 0.05) is 38.4 Å². The van der Waals surface area contributed by atoms with Crippen molar-refractivity contribution in [2.45, 2.75) is 6.67 Å². The van der Waals surface area contributed by atoms with Crippen LogP contribution in [0.1, 0.15) is 11.1 Å². The van der Waals surface area contributed by atoms with Gasteiger partial charge in [0.25, 0.3) is 0 Å². The number of aliphatic imine (C=N–C) groups is 2.